The molecule has 0 spiro atoms. The summed E-state index contributed by atoms with van der Waals surface area (Å²) in [5.74, 6) is 0.832. The molecule has 0 bridgehead atoms. The Labute approximate surface area is 172 Å². The predicted octanol–water partition coefficient (Wildman–Crippen LogP) is 2.89. The average Bonchev–Trinajstić information content (AvgIpc) is 3.14. The molecular weight excluding hydrogens is 370 g/mol. The number of aliphatic imine (C=N–C) groups is 1. The molecule has 28 heavy (non-hydrogen) atoms. The third-order valence-corrected chi connectivity index (χ3v) is 5.99. The van der Waals surface area contributed by atoms with Crippen molar-refractivity contribution in [2.45, 2.75) is 33.4 Å². The number of pyridine rings is 1. The van der Waals surface area contributed by atoms with E-state index in [2.05, 4.69) is 59.5 Å². The number of morpholine rings is 1. The number of nitrogens with one attached hydrogen (secondary N) is 2. The number of aryl methyl sites for hydroxylation is 2. The Bertz CT molecular complexity index is 770. The van der Waals surface area contributed by atoms with Gasteiger partial charge in [0.05, 0.1) is 31.5 Å². The fraction of sp³-hybridized carbons (Fsp3) is 0.524. The second-order valence-electron chi connectivity index (χ2n) is 6.96. The second kappa shape index (κ2) is 10.5. The predicted molar refractivity (Wildman–Crippen MR) is 116 cm³/mol. The van der Waals surface area contributed by atoms with Gasteiger partial charge in [-0.2, -0.15) is 0 Å². The topological polar surface area (TPSA) is 61.8 Å². The first-order valence-electron chi connectivity index (χ1n) is 9.98. The maximum atomic E-state index is 5.55. The van der Waals surface area contributed by atoms with Crippen LogP contribution in [0.3, 0.4) is 0 Å². The highest BCUT2D eigenvalue weighted by Gasteiger charge is 2.24. The summed E-state index contributed by atoms with van der Waals surface area (Å²) in [4.78, 5) is 14.4. The molecule has 7 heteroatoms. The van der Waals surface area contributed by atoms with Crippen LogP contribution in [0.2, 0.25) is 0 Å². The van der Waals surface area contributed by atoms with E-state index < -0.39 is 0 Å². The minimum atomic E-state index is 0.322. The molecule has 0 aromatic carbocycles. The molecule has 1 aliphatic rings. The van der Waals surface area contributed by atoms with Gasteiger partial charge in [0.2, 0.25) is 0 Å². The van der Waals surface area contributed by atoms with Crippen LogP contribution < -0.4 is 10.6 Å². The molecule has 1 atom stereocenters. The van der Waals surface area contributed by atoms with Gasteiger partial charge in [-0.1, -0.05) is 6.07 Å². The standard InChI is InChI=1S/C21H31N5OS/c1-4-22-21(24-14-18-16(2)6-5-9-23-18)25-15-19(20-8-7-17(3)28-20)26-10-12-27-13-11-26/h5-9,19H,4,10-15H2,1-3H3,(H2,22,24,25). The third-order valence-electron chi connectivity index (χ3n) is 4.89. The van der Waals surface area contributed by atoms with Crippen LogP contribution in [0.5, 0.6) is 0 Å². The van der Waals surface area contributed by atoms with E-state index in [9.17, 15) is 0 Å². The van der Waals surface area contributed by atoms with Gasteiger partial charge in [0.25, 0.3) is 0 Å². The molecule has 2 N–H and O–H groups in total. The molecule has 152 valence electrons. The number of hydrogen-bond acceptors (Lipinski definition) is 5. The largest absolute Gasteiger partial charge is 0.379 e. The Kier molecular flexibility index (Phi) is 7.82. The van der Waals surface area contributed by atoms with Crippen LogP contribution in [0, 0.1) is 13.8 Å². The summed E-state index contributed by atoms with van der Waals surface area (Å²) in [5.41, 5.74) is 2.18. The van der Waals surface area contributed by atoms with Crippen LogP contribution in [-0.2, 0) is 11.3 Å². The molecule has 1 aliphatic heterocycles. The number of guanidine groups is 1. The smallest absolute Gasteiger partial charge is 0.191 e. The lowest BCUT2D eigenvalue weighted by atomic mass is 10.2. The lowest BCUT2D eigenvalue weighted by Crippen LogP contribution is -2.46. The highest BCUT2D eigenvalue weighted by molar-refractivity contribution is 7.12. The molecular formula is C21H31N5OS. The molecule has 3 rings (SSSR count). The normalized spacial score (nSPS) is 16.8. The van der Waals surface area contributed by atoms with Crippen molar-refractivity contribution in [3.8, 4) is 0 Å². The minimum absolute atomic E-state index is 0.322. The van der Waals surface area contributed by atoms with Crippen molar-refractivity contribution in [2.75, 3.05) is 39.4 Å². The van der Waals surface area contributed by atoms with Crippen LogP contribution in [0.25, 0.3) is 0 Å². The summed E-state index contributed by atoms with van der Waals surface area (Å²) in [7, 11) is 0. The van der Waals surface area contributed by atoms with Gasteiger partial charge in [-0.3, -0.25) is 9.88 Å². The van der Waals surface area contributed by atoms with Gasteiger partial charge in [0.1, 0.15) is 0 Å². The van der Waals surface area contributed by atoms with Crippen molar-refractivity contribution in [3.63, 3.8) is 0 Å². The fourth-order valence-electron chi connectivity index (χ4n) is 3.30. The maximum absolute atomic E-state index is 5.55. The van der Waals surface area contributed by atoms with E-state index in [0.29, 0.717) is 12.6 Å². The van der Waals surface area contributed by atoms with Crippen molar-refractivity contribution >= 4 is 17.3 Å². The fourth-order valence-corrected chi connectivity index (χ4v) is 4.32. The first-order chi connectivity index (χ1) is 13.7. The summed E-state index contributed by atoms with van der Waals surface area (Å²) in [6.07, 6.45) is 1.83. The van der Waals surface area contributed by atoms with Crippen molar-refractivity contribution in [3.05, 3.63) is 51.5 Å². The number of nitrogens with zero attached hydrogens (tertiary/aromatic N) is 3. The van der Waals surface area contributed by atoms with Crippen molar-refractivity contribution in [2.24, 2.45) is 4.99 Å². The van der Waals surface area contributed by atoms with Gasteiger partial charge in [-0.25, -0.2) is 4.99 Å². The first kappa shape index (κ1) is 20.8. The van der Waals surface area contributed by atoms with Crippen LogP contribution in [-0.4, -0.2) is 55.2 Å². The van der Waals surface area contributed by atoms with Crippen molar-refractivity contribution < 1.29 is 4.74 Å². The Morgan fingerprint density at radius 3 is 2.75 bits per heavy atom. The van der Waals surface area contributed by atoms with Gasteiger partial charge in [0, 0.05) is 42.1 Å². The molecule has 0 saturated carbocycles. The minimum Gasteiger partial charge on any atom is -0.379 e. The molecule has 0 aliphatic carbocycles. The van der Waals surface area contributed by atoms with Crippen LogP contribution in [0.4, 0.5) is 0 Å². The molecule has 1 saturated heterocycles. The molecule has 1 unspecified atom stereocenters. The van der Waals surface area contributed by atoms with Crippen molar-refractivity contribution in [1.82, 2.24) is 20.5 Å². The Morgan fingerprint density at radius 2 is 2.07 bits per heavy atom. The highest BCUT2D eigenvalue weighted by Crippen LogP contribution is 2.27. The zero-order valence-electron chi connectivity index (χ0n) is 17.1. The Hall–Kier alpha value is -1.96. The van der Waals surface area contributed by atoms with Crippen LogP contribution in [0.15, 0.2) is 35.5 Å². The van der Waals surface area contributed by atoms with Crippen molar-refractivity contribution in [1.29, 1.82) is 0 Å². The van der Waals surface area contributed by atoms with Gasteiger partial charge in [-0.15, -0.1) is 11.3 Å². The number of ether oxygens (including phenoxy) is 1. The number of thiophene rings is 1. The maximum Gasteiger partial charge on any atom is 0.191 e. The second-order valence-corrected chi connectivity index (χ2v) is 8.28. The summed E-state index contributed by atoms with van der Waals surface area (Å²) < 4.78 is 5.55. The molecule has 2 aromatic rings. The lowest BCUT2D eigenvalue weighted by Gasteiger charge is -2.34. The molecule has 1 fully saturated rings. The van der Waals surface area contributed by atoms with E-state index in [4.69, 9.17) is 9.73 Å². The molecule has 6 nitrogen and oxygen atoms in total. The molecule has 0 amide bonds. The van der Waals surface area contributed by atoms with Crippen LogP contribution >= 0.6 is 11.3 Å². The van der Waals surface area contributed by atoms with E-state index in [1.54, 1.807) is 0 Å². The Balaban J connectivity index is 1.69. The molecule has 2 aromatic heterocycles. The highest BCUT2D eigenvalue weighted by atomic mass is 32.1. The molecule has 3 heterocycles. The first-order valence-corrected chi connectivity index (χ1v) is 10.8. The number of aromatic nitrogens is 1. The zero-order valence-corrected chi connectivity index (χ0v) is 17.9. The van der Waals surface area contributed by atoms with E-state index in [-0.39, 0.29) is 0 Å². The Morgan fingerprint density at radius 1 is 1.25 bits per heavy atom. The SMILES string of the molecule is CCNC(=NCc1ncccc1C)NCC(c1ccc(C)s1)N1CCOCC1. The van der Waals surface area contributed by atoms with Crippen LogP contribution in [0.1, 0.15) is 34.0 Å². The summed E-state index contributed by atoms with van der Waals surface area (Å²) in [5, 5.41) is 6.91. The third kappa shape index (κ3) is 5.77. The quantitative estimate of drug-likeness (QED) is 0.552. The van der Waals surface area contributed by atoms with E-state index >= 15 is 0 Å². The molecule has 0 radical (unpaired) electrons. The van der Waals surface area contributed by atoms with Gasteiger partial charge < -0.3 is 15.4 Å². The summed E-state index contributed by atoms with van der Waals surface area (Å²) in [6.45, 7) is 12.1. The van der Waals surface area contributed by atoms with E-state index in [1.165, 1.54) is 15.3 Å². The number of rotatable bonds is 7. The summed E-state index contributed by atoms with van der Waals surface area (Å²) >= 11 is 1.87. The number of hydrogen-bond donors (Lipinski definition) is 2. The monoisotopic (exact) mass is 401 g/mol. The van der Waals surface area contributed by atoms with Gasteiger partial charge in [-0.05, 0) is 44.5 Å². The summed E-state index contributed by atoms with van der Waals surface area (Å²) in [6, 6.07) is 8.82. The van der Waals surface area contributed by atoms with Gasteiger partial charge >= 0.3 is 0 Å². The van der Waals surface area contributed by atoms with E-state index in [1.807, 2.05) is 23.6 Å². The van der Waals surface area contributed by atoms with Gasteiger partial charge in [0.15, 0.2) is 5.96 Å². The average molecular weight is 402 g/mol. The lowest BCUT2D eigenvalue weighted by molar-refractivity contribution is 0.0177. The zero-order chi connectivity index (χ0) is 19.8. The van der Waals surface area contributed by atoms with E-state index in [0.717, 1.165) is 51.0 Å².